The minimum atomic E-state index is -5.49. The van der Waals surface area contributed by atoms with Crippen molar-refractivity contribution < 1.29 is 45.4 Å². The lowest BCUT2D eigenvalue weighted by Crippen LogP contribution is -2.22. The third-order valence-corrected chi connectivity index (χ3v) is 1.85. The summed E-state index contributed by atoms with van der Waals surface area (Å²) < 4.78 is 89.4. The number of hydrogen-bond acceptors (Lipinski definition) is 3. The maximum atomic E-state index is 13.2. The zero-order chi connectivity index (χ0) is 15.7. The first-order chi connectivity index (χ1) is 8.90. The Labute approximate surface area is 105 Å². The highest BCUT2D eigenvalue weighted by Gasteiger charge is 2.41. The van der Waals surface area contributed by atoms with Crippen molar-refractivity contribution in [2.75, 3.05) is 0 Å². The summed E-state index contributed by atoms with van der Waals surface area (Å²) in [5, 5.41) is 8.35. The van der Waals surface area contributed by atoms with E-state index in [4.69, 9.17) is 5.11 Å². The molecule has 1 aromatic heterocycles. The van der Waals surface area contributed by atoms with Crippen molar-refractivity contribution in [1.29, 1.82) is 0 Å². The van der Waals surface area contributed by atoms with Crippen molar-refractivity contribution in [2.24, 2.45) is 0 Å². The third kappa shape index (κ3) is 4.24. The summed E-state index contributed by atoms with van der Waals surface area (Å²) in [7, 11) is 0. The summed E-state index contributed by atoms with van der Waals surface area (Å²) >= 11 is 0. The predicted molar refractivity (Wildman–Crippen MR) is 47.2 cm³/mol. The molecule has 1 N–H and O–H groups in total. The van der Waals surface area contributed by atoms with Crippen LogP contribution in [0.1, 0.15) is 11.3 Å². The highest BCUT2D eigenvalue weighted by Crippen LogP contribution is 2.38. The minimum absolute atomic E-state index is 0.299. The van der Waals surface area contributed by atoms with Gasteiger partial charge in [0.1, 0.15) is 11.4 Å². The van der Waals surface area contributed by atoms with Crippen LogP contribution in [-0.2, 0) is 17.4 Å². The fraction of sp³-hybridized carbons (Fsp3) is 0.333. The number of pyridine rings is 1. The molecule has 20 heavy (non-hydrogen) atoms. The number of aliphatic carboxylic acids is 1. The van der Waals surface area contributed by atoms with E-state index in [1.807, 2.05) is 0 Å². The van der Waals surface area contributed by atoms with E-state index in [-0.39, 0.29) is 6.07 Å². The molecule has 0 bridgehead atoms. The molecule has 1 aromatic rings. The van der Waals surface area contributed by atoms with Crippen molar-refractivity contribution in [2.45, 2.75) is 19.0 Å². The fourth-order valence-electron chi connectivity index (χ4n) is 1.17. The summed E-state index contributed by atoms with van der Waals surface area (Å²) in [6.07, 6.45) is -12.0. The van der Waals surface area contributed by atoms with Gasteiger partial charge < -0.3 is 9.84 Å². The van der Waals surface area contributed by atoms with Crippen molar-refractivity contribution in [1.82, 2.24) is 4.98 Å². The van der Waals surface area contributed by atoms with Gasteiger partial charge in [0.05, 0.1) is 12.1 Å². The van der Waals surface area contributed by atoms with Crippen LogP contribution in [0.2, 0.25) is 0 Å². The number of rotatable bonds is 3. The van der Waals surface area contributed by atoms with Crippen LogP contribution >= 0.6 is 0 Å². The van der Waals surface area contributed by atoms with Crippen molar-refractivity contribution in [3.05, 3.63) is 23.1 Å². The highest BCUT2D eigenvalue weighted by atomic mass is 19.4. The quantitative estimate of drug-likeness (QED) is 0.872. The number of halogens is 7. The van der Waals surface area contributed by atoms with Crippen molar-refractivity contribution >= 4 is 5.97 Å². The largest absolute Gasteiger partial charge is 0.574 e. The van der Waals surface area contributed by atoms with E-state index in [9.17, 15) is 35.5 Å². The number of ether oxygens (including phenoxy) is 1. The van der Waals surface area contributed by atoms with Crippen LogP contribution in [0.15, 0.2) is 6.07 Å². The average Bonchev–Trinajstić information content (AvgIpc) is 2.17. The molecule has 0 aliphatic heterocycles. The lowest BCUT2D eigenvalue weighted by molar-refractivity contribution is -0.278. The second-order valence-electron chi connectivity index (χ2n) is 3.39. The molecule has 4 nitrogen and oxygen atoms in total. The van der Waals surface area contributed by atoms with E-state index in [1.54, 1.807) is 0 Å². The van der Waals surface area contributed by atoms with Crippen LogP contribution in [0.4, 0.5) is 30.7 Å². The molecule has 112 valence electrons. The average molecular weight is 307 g/mol. The second-order valence-corrected chi connectivity index (χ2v) is 3.39. The standard InChI is InChI=1S/C9H4F7NO3/c10-4-1-3(8(11,12)13)7(20-9(14,15)16)17-5(4)2-6(18)19/h1H,2H2,(H,18,19). The smallest absolute Gasteiger partial charge is 0.481 e. The van der Waals surface area contributed by atoms with E-state index in [0.29, 0.717) is 0 Å². The zero-order valence-electron chi connectivity index (χ0n) is 9.14. The van der Waals surface area contributed by atoms with Crippen LogP contribution in [0, 0.1) is 5.82 Å². The summed E-state index contributed by atoms with van der Waals surface area (Å²) in [4.78, 5) is 13.0. The zero-order valence-corrected chi connectivity index (χ0v) is 9.14. The van der Waals surface area contributed by atoms with Gasteiger partial charge in [-0.25, -0.2) is 9.37 Å². The van der Waals surface area contributed by atoms with Crippen LogP contribution in [0.5, 0.6) is 5.88 Å². The molecule has 1 rings (SSSR count). The fourth-order valence-corrected chi connectivity index (χ4v) is 1.17. The number of carboxylic acids is 1. The van der Waals surface area contributed by atoms with Crippen LogP contribution in [0.3, 0.4) is 0 Å². The van der Waals surface area contributed by atoms with E-state index in [2.05, 4.69) is 9.72 Å². The number of carboxylic acid groups (broad SMARTS) is 1. The van der Waals surface area contributed by atoms with Gasteiger partial charge in [-0.1, -0.05) is 0 Å². The maximum Gasteiger partial charge on any atom is 0.574 e. The number of alkyl halides is 6. The first kappa shape index (κ1) is 16.0. The predicted octanol–water partition coefficient (Wildman–Crippen LogP) is 2.77. The van der Waals surface area contributed by atoms with Gasteiger partial charge in [0.15, 0.2) is 0 Å². The van der Waals surface area contributed by atoms with Crippen LogP contribution in [0.25, 0.3) is 0 Å². The Kier molecular flexibility index (Phi) is 4.10. The Bertz CT molecular complexity index is 523. The molecule has 0 fully saturated rings. The Morgan fingerprint density at radius 1 is 1.25 bits per heavy atom. The maximum absolute atomic E-state index is 13.2. The summed E-state index contributed by atoms with van der Waals surface area (Å²) in [6, 6.07) is -0.299. The van der Waals surface area contributed by atoms with Gasteiger partial charge in [-0.3, -0.25) is 4.79 Å². The molecule has 0 saturated carbocycles. The van der Waals surface area contributed by atoms with E-state index >= 15 is 0 Å². The van der Waals surface area contributed by atoms with Crippen molar-refractivity contribution in [3.63, 3.8) is 0 Å². The number of aromatic nitrogens is 1. The molecule has 0 aliphatic carbocycles. The molecule has 0 saturated heterocycles. The van der Waals surface area contributed by atoms with Crippen LogP contribution in [-0.4, -0.2) is 22.4 Å². The Morgan fingerprint density at radius 3 is 2.20 bits per heavy atom. The monoisotopic (exact) mass is 307 g/mol. The molecule has 0 spiro atoms. The number of nitrogens with zero attached hydrogens (tertiary/aromatic N) is 1. The molecule has 11 heteroatoms. The molecular formula is C9H4F7NO3. The first-order valence-corrected chi connectivity index (χ1v) is 4.64. The van der Waals surface area contributed by atoms with Crippen molar-refractivity contribution in [3.8, 4) is 5.88 Å². The first-order valence-electron chi connectivity index (χ1n) is 4.64. The molecule has 0 aliphatic rings. The Balaban J connectivity index is 3.38. The van der Waals surface area contributed by atoms with Gasteiger partial charge in [0, 0.05) is 0 Å². The normalized spacial score (nSPS) is 12.3. The number of carbonyl (C=O) groups is 1. The van der Waals surface area contributed by atoms with Gasteiger partial charge in [0.2, 0.25) is 5.88 Å². The molecule has 0 atom stereocenters. The Hall–Kier alpha value is -2.07. The van der Waals surface area contributed by atoms with E-state index in [0.717, 1.165) is 0 Å². The van der Waals surface area contributed by atoms with E-state index in [1.165, 1.54) is 0 Å². The SMILES string of the molecule is O=C(O)Cc1nc(OC(F)(F)F)c(C(F)(F)F)cc1F. The molecular weight excluding hydrogens is 303 g/mol. The second kappa shape index (κ2) is 5.13. The number of hydrogen-bond donors (Lipinski definition) is 1. The minimum Gasteiger partial charge on any atom is -0.481 e. The Morgan fingerprint density at radius 2 is 1.80 bits per heavy atom. The van der Waals surface area contributed by atoms with E-state index < -0.39 is 47.9 Å². The summed E-state index contributed by atoms with van der Waals surface area (Å²) in [5.74, 6) is -5.34. The summed E-state index contributed by atoms with van der Waals surface area (Å²) in [6.45, 7) is 0. The molecule has 1 heterocycles. The van der Waals surface area contributed by atoms with Gasteiger partial charge in [-0.2, -0.15) is 13.2 Å². The summed E-state index contributed by atoms with van der Waals surface area (Å²) in [5.41, 5.74) is -3.20. The molecule has 0 radical (unpaired) electrons. The van der Waals surface area contributed by atoms with Gasteiger partial charge in [-0.05, 0) is 6.07 Å². The molecule has 0 aromatic carbocycles. The topological polar surface area (TPSA) is 59.4 Å². The third-order valence-electron chi connectivity index (χ3n) is 1.85. The molecule has 0 unspecified atom stereocenters. The lowest BCUT2D eigenvalue weighted by Gasteiger charge is -2.15. The molecule has 0 amide bonds. The van der Waals surface area contributed by atoms with Gasteiger partial charge in [0.25, 0.3) is 0 Å². The van der Waals surface area contributed by atoms with Gasteiger partial charge in [-0.15, -0.1) is 13.2 Å². The lowest BCUT2D eigenvalue weighted by atomic mass is 10.2. The van der Waals surface area contributed by atoms with Crippen LogP contribution < -0.4 is 4.74 Å². The highest BCUT2D eigenvalue weighted by molar-refractivity contribution is 5.69. The van der Waals surface area contributed by atoms with Gasteiger partial charge >= 0.3 is 18.5 Å².